The third-order valence-corrected chi connectivity index (χ3v) is 4.67. The maximum absolute atomic E-state index is 11.5. The van der Waals surface area contributed by atoms with Crippen LogP contribution in [0.25, 0.3) is 0 Å². The fourth-order valence-corrected chi connectivity index (χ4v) is 3.16. The molecule has 0 aromatic heterocycles. The van der Waals surface area contributed by atoms with Crippen molar-refractivity contribution in [3.63, 3.8) is 0 Å². The van der Waals surface area contributed by atoms with Gasteiger partial charge in [0.25, 0.3) is 0 Å². The van der Waals surface area contributed by atoms with Gasteiger partial charge >= 0.3 is 0 Å². The van der Waals surface area contributed by atoms with Crippen LogP contribution >= 0.6 is 0 Å². The molecule has 0 radical (unpaired) electrons. The number of nitrogens with zero attached hydrogens (tertiary/aromatic N) is 2. The molecule has 112 valence electrons. The molecule has 1 aliphatic rings. The lowest BCUT2D eigenvalue weighted by Crippen LogP contribution is -2.42. The lowest BCUT2D eigenvalue weighted by atomic mass is 10.00. The molecule has 1 rings (SSSR count). The van der Waals surface area contributed by atoms with Crippen LogP contribution in [0.1, 0.15) is 19.3 Å². The maximum Gasteiger partial charge on any atom is 0.223 e. The zero-order valence-corrected chi connectivity index (χ0v) is 12.9. The zero-order chi connectivity index (χ0) is 14.5. The number of amides is 1. The Morgan fingerprint density at radius 1 is 1.42 bits per heavy atom. The Balaban J connectivity index is 2.25. The lowest BCUT2D eigenvalue weighted by Gasteiger charge is -2.31. The van der Waals surface area contributed by atoms with Crippen LogP contribution in [0.3, 0.4) is 0 Å². The average Bonchev–Trinajstić information content (AvgIpc) is 2.33. The molecule has 1 N–H and O–H groups in total. The summed E-state index contributed by atoms with van der Waals surface area (Å²) in [4.78, 5) is 13.0. The van der Waals surface area contributed by atoms with E-state index in [2.05, 4.69) is 5.32 Å². The van der Waals surface area contributed by atoms with Gasteiger partial charge < -0.3 is 10.2 Å². The maximum atomic E-state index is 11.5. The molecule has 1 saturated heterocycles. The minimum atomic E-state index is -3.07. The fourth-order valence-electron chi connectivity index (χ4n) is 2.22. The highest BCUT2D eigenvalue weighted by Crippen LogP contribution is 2.17. The van der Waals surface area contributed by atoms with Gasteiger partial charge in [-0.05, 0) is 25.3 Å². The van der Waals surface area contributed by atoms with Gasteiger partial charge in [-0.1, -0.05) is 0 Å². The van der Waals surface area contributed by atoms with E-state index in [0.717, 1.165) is 19.4 Å². The minimum Gasteiger partial charge on any atom is -0.349 e. The number of hydrogen-bond acceptors (Lipinski definition) is 4. The lowest BCUT2D eigenvalue weighted by molar-refractivity contribution is -0.128. The smallest absolute Gasteiger partial charge is 0.223 e. The van der Waals surface area contributed by atoms with E-state index in [1.807, 2.05) is 0 Å². The van der Waals surface area contributed by atoms with E-state index in [4.69, 9.17) is 0 Å². The molecule has 0 aliphatic carbocycles. The summed E-state index contributed by atoms with van der Waals surface area (Å²) in [6.07, 6.45) is 3.70. The molecule has 0 bridgehead atoms. The van der Waals surface area contributed by atoms with Crippen LogP contribution in [0.15, 0.2) is 0 Å². The molecule has 7 heteroatoms. The van der Waals surface area contributed by atoms with Crippen molar-refractivity contribution in [1.82, 2.24) is 14.5 Å². The van der Waals surface area contributed by atoms with Gasteiger partial charge in [0, 0.05) is 40.2 Å². The molecule has 0 aromatic carbocycles. The first-order valence-electron chi connectivity index (χ1n) is 6.66. The van der Waals surface area contributed by atoms with Gasteiger partial charge in [0.05, 0.1) is 6.26 Å². The third-order valence-electron chi connectivity index (χ3n) is 3.40. The second-order valence-electron chi connectivity index (χ2n) is 5.37. The molecule has 1 aliphatic heterocycles. The summed E-state index contributed by atoms with van der Waals surface area (Å²) in [6.45, 7) is 2.64. The molecule has 1 amide bonds. The minimum absolute atomic E-state index is 0.105. The molecule has 0 saturated carbocycles. The second-order valence-corrected chi connectivity index (χ2v) is 7.35. The standard InChI is InChI=1S/C12H25N3O3S/c1-14(2)12(16)6-7-13-9-11-5-4-8-15(10-11)19(3,17)18/h11,13H,4-10H2,1-3H3. The summed E-state index contributed by atoms with van der Waals surface area (Å²) in [7, 11) is 0.418. The topological polar surface area (TPSA) is 69.7 Å². The molecule has 0 spiro atoms. The predicted molar refractivity (Wildman–Crippen MR) is 75.3 cm³/mol. The van der Waals surface area contributed by atoms with Crippen LogP contribution in [-0.4, -0.2) is 70.1 Å². The average molecular weight is 291 g/mol. The fraction of sp³-hybridized carbons (Fsp3) is 0.917. The predicted octanol–water partition coefficient (Wildman–Crippen LogP) is -0.274. The molecule has 19 heavy (non-hydrogen) atoms. The summed E-state index contributed by atoms with van der Waals surface area (Å²) >= 11 is 0. The van der Waals surface area contributed by atoms with Crippen molar-refractivity contribution >= 4 is 15.9 Å². The molecule has 1 fully saturated rings. The van der Waals surface area contributed by atoms with E-state index in [-0.39, 0.29) is 5.91 Å². The zero-order valence-electron chi connectivity index (χ0n) is 12.1. The Morgan fingerprint density at radius 3 is 2.68 bits per heavy atom. The van der Waals surface area contributed by atoms with E-state index >= 15 is 0 Å². The number of hydrogen-bond donors (Lipinski definition) is 1. The van der Waals surface area contributed by atoms with E-state index in [0.29, 0.717) is 32.0 Å². The Hall–Kier alpha value is -0.660. The number of sulfonamides is 1. The van der Waals surface area contributed by atoms with E-state index in [9.17, 15) is 13.2 Å². The van der Waals surface area contributed by atoms with Crippen LogP contribution in [0.2, 0.25) is 0 Å². The number of nitrogens with one attached hydrogen (secondary N) is 1. The van der Waals surface area contributed by atoms with Gasteiger partial charge in [0.2, 0.25) is 15.9 Å². The van der Waals surface area contributed by atoms with E-state index in [1.54, 1.807) is 23.3 Å². The monoisotopic (exact) mass is 291 g/mol. The van der Waals surface area contributed by atoms with Crippen LogP contribution in [-0.2, 0) is 14.8 Å². The number of rotatable bonds is 6. The van der Waals surface area contributed by atoms with Gasteiger partial charge in [0.15, 0.2) is 0 Å². The number of carbonyl (C=O) groups is 1. The number of carbonyl (C=O) groups excluding carboxylic acids is 1. The van der Waals surface area contributed by atoms with Crippen LogP contribution in [0.4, 0.5) is 0 Å². The molecule has 1 atom stereocenters. The first-order valence-corrected chi connectivity index (χ1v) is 8.51. The van der Waals surface area contributed by atoms with Gasteiger partial charge in [-0.3, -0.25) is 4.79 Å². The Morgan fingerprint density at radius 2 is 2.11 bits per heavy atom. The van der Waals surface area contributed by atoms with Gasteiger partial charge in [0.1, 0.15) is 0 Å². The van der Waals surface area contributed by atoms with Crippen LogP contribution in [0, 0.1) is 5.92 Å². The van der Waals surface area contributed by atoms with E-state index in [1.165, 1.54) is 6.26 Å². The van der Waals surface area contributed by atoms with Gasteiger partial charge in [-0.15, -0.1) is 0 Å². The van der Waals surface area contributed by atoms with Crippen molar-refractivity contribution < 1.29 is 13.2 Å². The summed E-state index contributed by atoms with van der Waals surface area (Å²) in [5.41, 5.74) is 0. The highest BCUT2D eigenvalue weighted by atomic mass is 32.2. The van der Waals surface area contributed by atoms with Crippen molar-refractivity contribution in [3.8, 4) is 0 Å². The largest absolute Gasteiger partial charge is 0.349 e. The Bertz CT molecular complexity index is 395. The Kier molecular flexibility index (Phi) is 6.22. The van der Waals surface area contributed by atoms with Crippen LogP contribution < -0.4 is 5.32 Å². The molecule has 1 unspecified atom stereocenters. The third kappa shape index (κ3) is 5.88. The SMILES string of the molecule is CN(C)C(=O)CCNCC1CCCN(S(C)(=O)=O)C1. The molecular weight excluding hydrogens is 266 g/mol. The van der Waals surface area contributed by atoms with Crippen molar-refractivity contribution in [2.75, 3.05) is 46.5 Å². The molecule has 6 nitrogen and oxygen atoms in total. The highest BCUT2D eigenvalue weighted by molar-refractivity contribution is 7.88. The van der Waals surface area contributed by atoms with Gasteiger partial charge in [-0.25, -0.2) is 12.7 Å². The summed E-state index contributed by atoms with van der Waals surface area (Å²) in [5, 5.41) is 3.24. The van der Waals surface area contributed by atoms with Crippen LogP contribution in [0.5, 0.6) is 0 Å². The first-order chi connectivity index (χ1) is 8.80. The van der Waals surface area contributed by atoms with Crippen molar-refractivity contribution in [2.45, 2.75) is 19.3 Å². The van der Waals surface area contributed by atoms with E-state index < -0.39 is 10.0 Å². The second kappa shape index (κ2) is 7.21. The summed E-state index contributed by atoms with van der Waals surface area (Å²) in [5.74, 6) is 0.451. The molecule has 1 heterocycles. The molecule has 0 aromatic rings. The highest BCUT2D eigenvalue weighted by Gasteiger charge is 2.25. The molecular formula is C12H25N3O3S. The quantitative estimate of drug-likeness (QED) is 0.684. The van der Waals surface area contributed by atoms with Crippen molar-refractivity contribution in [3.05, 3.63) is 0 Å². The van der Waals surface area contributed by atoms with Crippen molar-refractivity contribution in [1.29, 1.82) is 0 Å². The van der Waals surface area contributed by atoms with Gasteiger partial charge in [-0.2, -0.15) is 0 Å². The van der Waals surface area contributed by atoms with Crippen molar-refractivity contribution in [2.24, 2.45) is 5.92 Å². The normalized spacial score (nSPS) is 21.3. The summed E-state index contributed by atoms with van der Waals surface area (Å²) < 4.78 is 24.5. The summed E-state index contributed by atoms with van der Waals surface area (Å²) in [6, 6.07) is 0. The first kappa shape index (κ1) is 16.4. The Labute approximate surface area is 116 Å². The number of piperidine rings is 1.